The van der Waals surface area contributed by atoms with E-state index in [0.717, 1.165) is 24.0 Å². The van der Waals surface area contributed by atoms with E-state index in [0.29, 0.717) is 0 Å². The fraction of sp³-hybridized carbons (Fsp3) is 0.294. The van der Waals surface area contributed by atoms with Gasteiger partial charge in [-0.1, -0.05) is 38.1 Å². The molecule has 2 aromatic carbocycles. The lowest BCUT2D eigenvalue weighted by Crippen LogP contribution is -2.15. The fourth-order valence-corrected chi connectivity index (χ4v) is 3.04. The van der Waals surface area contributed by atoms with Crippen molar-refractivity contribution in [1.29, 1.82) is 0 Å². The highest BCUT2D eigenvalue weighted by Crippen LogP contribution is 2.51. The van der Waals surface area contributed by atoms with E-state index in [4.69, 9.17) is 9.05 Å². The standard InChI is InChI=1S/C17H21O5P/c1-3-13-5-9-15(10-6-13)21-23(20,17(18)19)22-16-11-7-14(4-2)8-12-16/h5-12,17-19H,3-4H2,1-2H3. The molecule has 0 heterocycles. The summed E-state index contributed by atoms with van der Waals surface area (Å²) >= 11 is 0. The largest absolute Gasteiger partial charge is 0.486 e. The normalized spacial score (nSPS) is 11.5. The Kier molecular flexibility index (Phi) is 5.83. The fourth-order valence-electron chi connectivity index (χ4n) is 1.98. The van der Waals surface area contributed by atoms with Crippen LogP contribution in [0.2, 0.25) is 0 Å². The van der Waals surface area contributed by atoms with Gasteiger partial charge in [-0.05, 0) is 48.2 Å². The van der Waals surface area contributed by atoms with Crippen molar-refractivity contribution >= 4 is 7.60 Å². The molecule has 0 fully saturated rings. The molecule has 0 radical (unpaired) electrons. The van der Waals surface area contributed by atoms with E-state index in [1.807, 2.05) is 38.1 Å². The molecule has 124 valence electrons. The summed E-state index contributed by atoms with van der Waals surface area (Å²) in [6.07, 6.45) is 1.72. The maximum Gasteiger partial charge on any atom is 0.486 e. The topological polar surface area (TPSA) is 76.0 Å². The predicted molar refractivity (Wildman–Crippen MR) is 88.7 cm³/mol. The van der Waals surface area contributed by atoms with Crippen molar-refractivity contribution < 1.29 is 23.8 Å². The number of aliphatic hydroxyl groups excluding tert-OH is 1. The van der Waals surface area contributed by atoms with Crippen molar-refractivity contribution in [3.05, 3.63) is 59.7 Å². The summed E-state index contributed by atoms with van der Waals surface area (Å²) in [7, 11) is -4.17. The van der Waals surface area contributed by atoms with Gasteiger partial charge >= 0.3 is 7.60 Å². The SMILES string of the molecule is CCc1ccc(OP(=O)(Oc2ccc(CC)cc2)C(O)O)cc1. The Morgan fingerprint density at radius 2 is 1.17 bits per heavy atom. The van der Waals surface area contributed by atoms with Gasteiger partial charge in [0.25, 0.3) is 6.03 Å². The van der Waals surface area contributed by atoms with Gasteiger partial charge in [0, 0.05) is 0 Å². The van der Waals surface area contributed by atoms with Crippen molar-refractivity contribution in [3.63, 3.8) is 0 Å². The molecule has 0 aliphatic carbocycles. The minimum Gasteiger partial charge on any atom is -0.413 e. The van der Waals surface area contributed by atoms with Crippen LogP contribution < -0.4 is 9.05 Å². The first-order valence-corrected chi connectivity index (χ1v) is 9.11. The summed E-state index contributed by atoms with van der Waals surface area (Å²) in [4.78, 5) is 0. The molecule has 5 nitrogen and oxygen atoms in total. The zero-order chi connectivity index (χ0) is 16.9. The van der Waals surface area contributed by atoms with Crippen LogP contribution in [0.25, 0.3) is 0 Å². The molecule has 0 saturated heterocycles. The number of benzene rings is 2. The Morgan fingerprint density at radius 1 is 0.826 bits per heavy atom. The van der Waals surface area contributed by atoms with Crippen LogP contribution >= 0.6 is 7.60 Å². The molecule has 0 bridgehead atoms. The second kappa shape index (κ2) is 7.64. The lowest BCUT2D eigenvalue weighted by molar-refractivity contribution is 0.0121. The van der Waals surface area contributed by atoms with Crippen molar-refractivity contribution in [3.8, 4) is 11.5 Å². The number of rotatable bonds is 7. The van der Waals surface area contributed by atoms with Gasteiger partial charge in [-0.3, -0.25) is 0 Å². The summed E-state index contributed by atoms with van der Waals surface area (Å²) in [5.74, 6) is 0.507. The summed E-state index contributed by atoms with van der Waals surface area (Å²) in [6, 6.07) is 11.5. The Morgan fingerprint density at radius 3 is 1.43 bits per heavy atom. The Hall–Kier alpha value is -1.81. The second-order valence-electron chi connectivity index (χ2n) is 5.06. The summed E-state index contributed by atoms with van der Waals surface area (Å²) in [5.41, 5.74) is 2.18. The molecular weight excluding hydrogens is 315 g/mol. The van der Waals surface area contributed by atoms with E-state index in [2.05, 4.69) is 0 Å². The van der Waals surface area contributed by atoms with Crippen LogP contribution in [0.1, 0.15) is 25.0 Å². The lowest BCUT2D eigenvalue weighted by Gasteiger charge is -2.21. The average Bonchev–Trinajstić information content (AvgIpc) is 2.56. The monoisotopic (exact) mass is 336 g/mol. The van der Waals surface area contributed by atoms with Crippen LogP contribution in [0.5, 0.6) is 11.5 Å². The van der Waals surface area contributed by atoms with Crippen molar-refractivity contribution in [1.82, 2.24) is 0 Å². The zero-order valence-corrected chi connectivity index (χ0v) is 14.1. The van der Waals surface area contributed by atoms with E-state index in [1.165, 1.54) is 0 Å². The Balaban J connectivity index is 2.18. The number of aryl methyl sites for hydroxylation is 2. The van der Waals surface area contributed by atoms with Crippen molar-refractivity contribution in [2.75, 3.05) is 0 Å². The van der Waals surface area contributed by atoms with Gasteiger partial charge in [-0.15, -0.1) is 0 Å². The number of hydrogen-bond donors (Lipinski definition) is 2. The summed E-state index contributed by atoms with van der Waals surface area (Å²) in [6.45, 7) is 4.03. The molecule has 0 saturated carbocycles. The predicted octanol–water partition coefficient (Wildman–Crippen LogP) is 3.73. The van der Waals surface area contributed by atoms with Crippen LogP contribution in [0.15, 0.2) is 48.5 Å². The molecule has 0 aliphatic heterocycles. The smallest absolute Gasteiger partial charge is 0.413 e. The van der Waals surface area contributed by atoms with Gasteiger partial charge in [-0.25, -0.2) is 4.57 Å². The quantitative estimate of drug-likeness (QED) is 0.595. The molecule has 2 aromatic rings. The summed E-state index contributed by atoms with van der Waals surface area (Å²) in [5, 5.41) is 18.9. The van der Waals surface area contributed by atoms with Crippen LogP contribution in [0.3, 0.4) is 0 Å². The van der Waals surface area contributed by atoms with Crippen molar-refractivity contribution in [2.24, 2.45) is 0 Å². The Bertz CT molecular complexity index is 611. The molecular formula is C17H21O5P. The average molecular weight is 336 g/mol. The molecule has 23 heavy (non-hydrogen) atoms. The van der Waals surface area contributed by atoms with Crippen LogP contribution in [-0.4, -0.2) is 16.2 Å². The number of aliphatic hydroxyl groups is 2. The van der Waals surface area contributed by atoms with Gasteiger partial charge in [0.05, 0.1) is 0 Å². The van der Waals surface area contributed by atoms with Gasteiger partial charge in [0.1, 0.15) is 11.5 Å². The molecule has 0 unspecified atom stereocenters. The molecule has 6 heteroatoms. The van der Waals surface area contributed by atoms with Crippen LogP contribution in [0, 0.1) is 0 Å². The molecule has 2 rings (SSSR count). The molecule has 0 amide bonds. The van der Waals surface area contributed by atoms with Gasteiger partial charge in [0.15, 0.2) is 0 Å². The number of hydrogen-bond acceptors (Lipinski definition) is 5. The van der Waals surface area contributed by atoms with E-state index in [-0.39, 0.29) is 11.5 Å². The first-order chi connectivity index (χ1) is 11.0. The highest BCUT2D eigenvalue weighted by Gasteiger charge is 2.37. The maximum atomic E-state index is 12.6. The third kappa shape index (κ3) is 4.58. The molecule has 2 N–H and O–H groups in total. The minimum absolute atomic E-state index is 0.254. The van der Waals surface area contributed by atoms with E-state index in [9.17, 15) is 14.8 Å². The van der Waals surface area contributed by atoms with E-state index >= 15 is 0 Å². The third-order valence-corrected chi connectivity index (χ3v) is 4.91. The first-order valence-electron chi connectivity index (χ1n) is 7.49. The van der Waals surface area contributed by atoms with Gasteiger partial charge in [-0.2, -0.15) is 0 Å². The highest BCUT2D eigenvalue weighted by atomic mass is 31.2. The van der Waals surface area contributed by atoms with Gasteiger partial charge < -0.3 is 19.3 Å². The Labute approximate surface area is 136 Å². The minimum atomic E-state index is -4.17. The molecule has 0 aromatic heterocycles. The molecule has 0 atom stereocenters. The highest BCUT2D eigenvalue weighted by molar-refractivity contribution is 7.55. The molecule has 0 spiro atoms. The van der Waals surface area contributed by atoms with Crippen LogP contribution in [0.4, 0.5) is 0 Å². The third-order valence-electron chi connectivity index (χ3n) is 3.41. The van der Waals surface area contributed by atoms with Crippen molar-refractivity contribution in [2.45, 2.75) is 32.7 Å². The van der Waals surface area contributed by atoms with Crippen LogP contribution in [-0.2, 0) is 17.4 Å². The van der Waals surface area contributed by atoms with E-state index < -0.39 is 13.6 Å². The van der Waals surface area contributed by atoms with Gasteiger partial charge in [0.2, 0.25) is 0 Å². The first kappa shape index (κ1) is 17.5. The summed E-state index contributed by atoms with van der Waals surface area (Å²) < 4.78 is 23.1. The maximum absolute atomic E-state index is 12.6. The molecule has 0 aliphatic rings. The lowest BCUT2D eigenvalue weighted by atomic mass is 10.2. The zero-order valence-electron chi connectivity index (χ0n) is 13.2. The second-order valence-corrected chi connectivity index (χ2v) is 6.97. The van der Waals surface area contributed by atoms with E-state index in [1.54, 1.807) is 24.3 Å².